The van der Waals surface area contributed by atoms with E-state index in [0.29, 0.717) is 5.56 Å². The number of carbonyl (C=O) groups is 2. The average Bonchev–Trinajstić information content (AvgIpc) is 2.61. The van der Waals surface area contributed by atoms with Gasteiger partial charge in [-0.15, -0.1) is 0 Å². The third-order valence-corrected chi connectivity index (χ3v) is 4.46. The zero-order valence-electron chi connectivity index (χ0n) is 14.7. The SMILES string of the molecule is C[C@@H](NC(=O)c1ccc(Br)cc1)C(=O)N(C)Cc1ccccc1C(F)(F)F. The van der Waals surface area contributed by atoms with Crippen molar-refractivity contribution in [1.82, 2.24) is 10.2 Å². The molecule has 0 bridgehead atoms. The van der Waals surface area contributed by atoms with Crippen molar-refractivity contribution in [2.24, 2.45) is 0 Å². The average molecular weight is 443 g/mol. The molecule has 4 nitrogen and oxygen atoms in total. The van der Waals surface area contributed by atoms with Crippen LogP contribution in [0.3, 0.4) is 0 Å². The first-order valence-corrected chi connectivity index (χ1v) is 8.85. The van der Waals surface area contributed by atoms with Crippen LogP contribution < -0.4 is 5.32 Å². The van der Waals surface area contributed by atoms with Gasteiger partial charge in [-0.1, -0.05) is 34.1 Å². The number of likely N-dealkylation sites (N-methyl/N-ethyl adjacent to an activating group) is 1. The fourth-order valence-electron chi connectivity index (χ4n) is 2.54. The molecule has 144 valence electrons. The molecule has 1 N–H and O–H groups in total. The lowest BCUT2D eigenvalue weighted by Gasteiger charge is -2.23. The van der Waals surface area contributed by atoms with Gasteiger partial charge >= 0.3 is 6.18 Å². The molecule has 0 heterocycles. The summed E-state index contributed by atoms with van der Waals surface area (Å²) >= 11 is 3.27. The van der Waals surface area contributed by atoms with E-state index in [4.69, 9.17) is 0 Å². The number of nitrogens with zero attached hydrogens (tertiary/aromatic N) is 1. The number of carbonyl (C=O) groups excluding carboxylic acids is 2. The zero-order chi connectivity index (χ0) is 20.2. The lowest BCUT2D eigenvalue weighted by atomic mass is 10.1. The second-order valence-corrected chi connectivity index (χ2v) is 6.97. The van der Waals surface area contributed by atoms with Crippen molar-refractivity contribution in [3.8, 4) is 0 Å². The fraction of sp³-hybridized carbons (Fsp3) is 0.263. The molecule has 0 radical (unpaired) electrons. The van der Waals surface area contributed by atoms with Crippen LogP contribution in [0.1, 0.15) is 28.4 Å². The second kappa shape index (κ2) is 8.56. The first-order valence-electron chi connectivity index (χ1n) is 8.06. The highest BCUT2D eigenvalue weighted by Gasteiger charge is 2.33. The van der Waals surface area contributed by atoms with Gasteiger partial charge in [0.1, 0.15) is 6.04 Å². The Bertz CT molecular complexity index is 822. The summed E-state index contributed by atoms with van der Waals surface area (Å²) in [5.74, 6) is -0.926. The van der Waals surface area contributed by atoms with Crippen molar-refractivity contribution in [2.75, 3.05) is 7.05 Å². The van der Waals surface area contributed by atoms with Crippen LogP contribution in [0, 0.1) is 0 Å². The van der Waals surface area contributed by atoms with E-state index in [1.807, 2.05) is 0 Å². The Morgan fingerprint density at radius 1 is 1.11 bits per heavy atom. The minimum atomic E-state index is -4.50. The van der Waals surface area contributed by atoms with Crippen LogP contribution >= 0.6 is 15.9 Å². The minimum Gasteiger partial charge on any atom is -0.341 e. The minimum absolute atomic E-state index is 0.00714. The Balaban J connectivity index is 2.04. The van der Waals surface area contributed by atoms with E-state index >= 15 is 0 Å². The topological polar surface area (TPSA) is 49.4 Å². The molecule has 0 spiro atoms. The first kappa shape index (κ1) is 21.0. The van der Waals surface area contributed by atoms with Gasteiger partial charge in [-0.25, -0.2) is 0 Å². The number of amides is 2. The Morgan fingerprint density at radius 3 is 2.30 bits per heavy atom. The van der Waals surface area contributed by atoms with Gasteiger partial charge in [0, 0.05) is 23.6 Å². The van der Waals surface area contributed by atoms with E-state index in [0.717, 1.165) is 15.4 Å². The zero-order valence-corrected chi connectivity index (χ0v) is 16.3. The van der Waals surface area contributed by atoms with Crippen LogP contribution in [0.15, 0.2) is 53.0 Å². The molecule has 8 heteroatoms. The summed E-state index contributed by atoms with van der Waals surface area (Å²) in [5, 5.41) is 2.56. The number of hydrogen-bond acceptors (Lipinski definition) is 2. The first-order chi connectivity index (χ1) is 12.6. The maximum atomic E-state index is 13.1. The highest BCUT2D eigenvalue weighted by atomic mass is 79.9. The van der Waals surface area contributed by atoms with Crippen LogP contribution in [0.5, 0.6) is 0 Å². The lowest BCUT2D eigenvalue weighted by Crippen LogP contribution is -2.45. The molecule has 1 atom stereocenters. The summed E-state index contributed by atoms with van der Waals surface area (Å²) in [6, 6.07) is 10.8. The van der Waals surface area contributed by atoms with E-state index in [1.165, 1.54) is 32.2 Å². The summed E-state index contributed by atoms with van der Waals surface area (Å²) in [6.07, 6.45) is -4.50. The molecule has 0 aromatic heterocycles. The Labute approximate surface area is 163 Å². The molecule has 2 aromatic rings. The molecule has 0 unspecified atom stereocenters. The van der Waals surface area contributed by atoms with Crippen LogP contribution in [0.2, 0.25) is 0 Å². The summed E-state index contributed by atoms with van der Waals surface area (Å²) in [5.41, 5.74) is -0.411. The third-order valence-electron chi connectivity index (χ3n) is 3.93. The summed E-state index contributed by atoms with van der Waals surface area (Å²) in [7, 11) is 1.40. The molecule has 0 aliphatic carbocycles. The van der Waals surface area contributed by atoms with E-state index in [2.05, 4.69) is 21.2 Å². The van der Waals surface area contributed by atoms with Crippen molar-refractivity contribution in [3.05, 3.63) is 69.7 Å². The number of alkyl halides is 3. The summed E-state index contributed by atoms with van der Waals surface area (Å²) in [4.78, 5) is 25.8. The number of hydrogen-bond donors (Lipinski definition) is 1. The predicted octanol–water partition coefficient (Wildman–Crippen LogP) is 4.24. The van der Waals surface area contributed by atoms with Crippen molar-refractivity contribution in [1.29, 1.82) is 0 Å². The Hall–Kier alpha value is -2.35. The van der Waals surface area contributed by atoms with E-state index in [9.17, 15) is 22.8 Å². The Morgan fingerprint density at radius 2 is 1.70 bits per heavy atom. The number of halogens is 4. The van der Waals surface area contributed by atoms with Gasteiger partial charge in [0.2, 0.25) is 5.91 Å². The second-order valence-electron chi connectivity index (χ2n) is 6.05. The molecule has 2 aromatic carbocycles. The van der Waals surface area contributed by atoms with Gasteiger partial charge in [-0.05, 0) is 42.8 Å². The van der Waals surface area contributed by atoms with Gasteiger partial charge in [0.25, 0.3) is 5.91 Å². The molecule has 0 saturated heterocycles. The number of benzene rings is 2. The molecule has 0 fully saturated rings. The third kappa shape index (κ3) is 5.56. The van der Waals surface area contributed by atoms with Crippen LogP contribution in [0.4, 0.5) is 13.2 Å². The summed E-state index contributed by atoms with van der Waals surface area (Å²) < 4.78 is 40.1. The van der Waals surface area contributed by atoms with Crippen molar-refractivity contribution in [2.45, 2.75) is 25.7 Å². The summed E-state index contributed by atoms with van der Waals surface area (Å²) in [6.45, 7) is 1.28. The van der Waals surface area contributed by atoms with E-state index < -0.39 is 29.6 Å². The largest absolute Gasteiger partial charge is 0.416 e. The maximum absolute atomic E-state index is 13.1. The van der Waals surface area contributed by atoms with Gasteiger partial charge < -0.3 is 10.2 Å². The molecule has 2 rings (SSSR count). The molecule has 0 aliphatic rings. The standard InChI is InChI=1S/C19H18BrF3N2O2/c1-12(24-17(26)13-7-9-15(20)10-8-13)18(27)25(2)11-14-5-3-4-6-16(14)19(21,22)23/h3-10,12H,11H2,1-2H3,(H,24,26)/t12-/m1/s1. The molecular formula is C19H18BrF3N2O2. The number of nitrogens with one attached hydrogen (secondary N) is 1. The lowest BCUT2D eigenvalue weighted by molar-refractivity contribution is -0.139. The van der Waals surface area contributed by atoms with Crippen LogP contribution in [-0.2, 0) is 17.5 Å². The highest BCUT2D eigenvalue weighted by Crippen LogP contribution is 2.32. The monoisotopic (exact) mass is 442 g/mol. The maximum Gasteiger partial charge on any atom is 0.416 e. The van der Waals surface area contributed by atoms with Crippen molar-refractivity contribution < 1.29 is 22.8 Å². The van der Waals surface area contributed by atoms with Gasteiger partial charge in [-0.2, -0.15) is 13.2 Å². The molecular weight excluding hydrogens is 425 g/mol. The smallest absolute Gasteiger partial charge is 0.341 e. The quantitative estimate of drug-likeness (QED) is 0.752. The van der Waals surface area contributed by atoms with E-state index in [-0.39, 0.29) is 12.1 Å². The van der Waals surface area contributed by atoms with Crippen LogP contribution in [-0.4, -0.2) is 29.8 Å². The van der Waals surface area contributed by atoms with E-state index in [1.54, 1.807) is 24.3 Å². The molecule has 0 saturated carbocycles. The van der Waals surface area contributed by atoms with Crippen molar-refractivity contribution in [3.63, 3.8) is 0 Å². The fourth-order valence-corrected chi connectivity index (χ4v) is 2.81. The molecule has 2 amide bonds. The van der Waals surface area contributed by atoms with Gasteiger partial charge in [0.15, 0.2) is 0 Å². The highest BCUT2D eigenvalue weighted by molar-refractivity contribution is 9.10. The normalized spacial score (nSPS) is 12.4. The van der Waals surface area contributed by atoms with Crippen molar-refractivity contribution >= 4 is 27.7 Å². The number of rotatable bonds is 5. The van der Waals surface area contributed by atoms with Gasteiger partial charge in [-0.3, -0.25) is 9.59 Å². The van der Waals surface area contributed by atoms with Crippen LogP contribution in [0.25, 0.3) is 0 Å². The predicted molar refractivity (Wildman–Crippen MR) is 99.0 cm³/mol. The molecule has 27 heavy (non-hydrogen) atoms. The molecule has 0 aliphatic heterocycles. The Kier molecular flexibility index (Phi) is 6.64. The van der Waals surface area contributed by atoms with Gasteiger partial charge in [0.05, 0.1) is 5.56 Å².